The van der Waals surface area contributed by atoms with Gasteiger partial charge in [0.2, 0.25) is 5.91 Å². The number of amides is 1. The molecule has 0 bridgehead atoms. The monoisotopic (exact) mass is 228 g/mol. The van der Waals surface area contributed by atoms with E-state index >= 15 is 0 Å². The zero-order valence-corrected chi connectivity index (χ0v) is 10.5. The lowest BCUT2D eigenvalue weighted by Crippen LogP contribution is -2.48. The van der Waals surface area contributed by atoms with Gasteiger partial charge in [0, 0.05) is 12.6 Å². The van der Waals surface area contributed by atoms with Gasteiger partial charge in [-0.05, 0) is 32.6 Å². The Morgan fingerprint density at radius 3 is 2.60 bits per heavy atom. The van der Waals surface area contributed by atoms with Crippen LogP contribution in [0.3, 0.4) is 0 Å². The van der Waals surface area contributed by atoms with Gasteiger partial charge < -0.3 is 10.6 Å². The Balaban J connectivity index is 2.64. The third-order valence-electron chi connectivity index (χ3n) is 3.22. The average molecular weight is 228 g/mol. The average Bonchev–Trinajstić information content (AvgIpc) is 2.15. The lowest BCUT2D eigenvalue weighted by atomic mass is 9.92. The molecule has 86 valence electrons. The van der Waals surface area contributed by atoms with Gasteiger partial charge in [-0.15, -0.1) is 0 Å². The first-order chi connectivity index (χ1) is 6.93. The number of hydrogen-bond donors (Lipinski definition) is 1. The van der Waals surface area contributed by atoms with Crippen LogP contribution in [0.4, 0.5) is 0 Å². The predicted octanol–water partition coefficient (Wildman–Crippen LogP) is 1.56. The molecule has 0 aliphatic carbocycles. The van der Waals surface area contributed by atoms with E-state index in [1.807, 2.05) is 4.90 Å². The van der Waals surface area contributed by atoms with Crippen molar-refractivity contribution in [3.05, 3.63) is 0 Å². The normalized spacial score (nSPS) is 28.6. The molecule has 1 fully saturated rings. The van der Waals surface area contributed by atoms with Crippen molar-refractivity contribution in [2.75, 3.05) is 6.54 Å². The molecule has 3 unspecified atom stereocenters. The number of carbonyl (C=O) groups excluding carboxylic acids is 1. The van der Waals surface area contributed by atoms with Crippen molar-refractivity contribution < 1.29 is 4.79 Å². The summed E-state index contributed by atoms with van der Waals surface area (Å²) < 4.78 is 0. The van der Waals surface area contributed by atoms with Crippen LogP contribution in [0.2, 0.25) is 0 Å². The molecule has 3 nitrogen and oxygen atoms in total. The van der Waals surface area contributed by atoms with Gasteiger partial charge in [-0.1, -0.05) is 19.1 Å². The van der Waals surface area contributed by atoms with E-state index in [0.717, 1.165) is 19.4 Å². The molecule has 1 aliphatic heterocycles. The fraction of sp³-hybridized carbons (Fsp3) is 0.818. The van der Waals surface area contributed by atoms with Crippen molar-refractivity contribution in [2.24, 2.45) is 17.6 Å². The van der Waals surface area contributed by atoms with Crippen LogP contribution in [0.1, 0.15) is 33.6 Å². The highest BCUT2D eigenvalue weighted by molar-refractivity contribution is 7.80. The molecule has 4 heteroatoms. The van der Waals surface area contributed by atoms with Crippen molar-refractivity contribution in [1.82, 2.24) is 4.90 Å². The maximum absolute atomic E-state index is 12.0. The molecule has 1 amide bonds. The molecular formula is C11H20N2OS. The molecule has 0 aromatic heterocycles. The number of carbonyl (C=O) groups is 1. The van der Waals surface area contributed by atoms with Gasteiger partial charge in [0.25, 0.3) is 0 Å². The summed E-state index contributed by atoms with van der Waals surface area (Å²) in [5.74, 6) is 0.474. The Hall–Kier alpha value is -0.640. The van der Waals surface area contributed by atoms with Gasteiger partial charge in [0.15, 0.2) is 0 Å². The Labute approximate surface area is 97.0 Å². The van der Waals surface area contributed by atoms with Crippen LogP contribution in [0, 0.1) is 11.8 Å². The summed E-state index contributed by atoms with van der Waals surface area (Å²) in [6.45, 7) is 6.96. The molecule has 3 atom stereocenters. The summed E-state index contributed by atoms with van der Waals surface area (Å²) in [4.78, 5) is 14.2. The van der Waals surface area contributed by atoms with Crippen molar-refractivity contribution in [3.63, 3.8) is 0 Å². The Kier molecular flexibility index (Phi) is 4.08. The minimum absolute atomic E-state index is 0.0851. The third-order valence-corrected chi connectivity index (χ3v) is 3.57. The highest BCUT2D eigenvalue weighted by atomic mass is 32.1. The lowest BCUT2D eigenvalue weighted by Gasteiger charge is -2.37. The van der Waals surface area contributed by atoms with Crippen LogP contribution in [0.15, 0.2) is 0 Å². The number of thiocarbonyl (C=S) groups is 1. The summed E-state index contributed by atoms with van der Waals surface area (Å²) in [6, 6.07) is 0.318. The highest BCUT2D eigenvalue weighted by Crippen LogP contribution is 2.23. The molecular weight excluding hydrogens is 208 g/mol. The van der Waals surface area contributed by atoms with E-state index in [1.165, 1.54) is 0 Å². The second-order valence-electron chi connectivity index (χ2n) is 4.63. The quantitative estimate of drug-likeness (QED) is 0.730. The van der Waals surface area contributed by atoms with E-state index in [2.05, 4.69) is 13.8 Å². The number of likely N-dealkylation sites (tertiary alicyclic amines) is 1. The fourth-order valence-electron chi connectivity index (χ4n) is 2.11. The largest absolute Gasteiger partial charge is 0.393 e. The Bertz CT molecular complexity index is 267. The molecule has 0 aromatic rings. The van der Waals surface area contributed by atoms with Crippen molar-refractivity contribution in [1.29, 1.82) is 0 Å². The minimum atomic E-state index is -0.323. The molecule has 15 heavy (non-hydrogen) atoms. The first kappa shape index (κ1) is 12.4. The number of piperidine rings is 1. The van der Waals surface area contributed by atoms with Crippen LogP contribution in [0.5, 0.6) is 0 Å². The number of hydrogen-bond acceptors (Lipinski definition) is 2. The molecule has 0 radical (unpaired) electrons. The van der Waals surface area contributed by atoms with Gasteiger partial charge in [-0.25, -0.2) is 0 Å². The van der Waals surface area contributed by atoms with Crippen LogP contribution in [-0.2, 0) is 4.79 Å². The molecule has 1 heterocycles. The summed E-state index contributed by atoms with van der Waals surface area (Å²) in [7, 11) is 0. The smallest absolute Gasteiger partial charge is 0.232 e. The SMILES string of the molecule is CC1CCN(C(=O)C(C)C(N)=S)C(C)C1. The molecule has 1 rings (SSSR count). The molecule has 1 aliphatic rings. The van der Waals surface area contributed by atoms with Gasteiger partial charge >= 0.3 is 0 Å². The molecule has 0 spiro atoms. The second-order valence-corrected chi connectivity index (χ2v) is 5.11. The van der Waals surface area contributed by atoms with Crippen LogP contribution >= 0.6 is 12.2 Å². The van der Waals surface area contributed by atoms with Crippen molar-refractivity contribution >= 4 is 23.1 Å². The summed E-state index contributed by atoms with van der Waals surface area (Å²) >= 11 is 4.86. The molecule has 0 saturated carbocycles. The minimum Gasteiger partial charge on any atom is -0.393 e. The maximum atomic E-state index is 12.0. The Morgan fingerprint density at radius 1 is 1.53 bits per heavy atom. The number of nitrogens with two attached hydrogens (primary N) is 1. The second kappa shape index (κ2) is 4.92. The van der Waals surface area contributed by atoms with Crippen molar-refractivity contribution in [2.45, 2.75) is 39.7 Å². The zero-order valence-electron chi connectivity index (χ0n) is 9.69. The van der Waals surface area contributed by atoms with E-state index in [0.29, 0.717) is 16.9 Å². The fourth-order valence-corrected chi connectivity index (χ4v) is 2.21. The van der Waals surface area contributed by atoms with Crippen LogP contribution < -0.4 is 5.73 Å². The van der Waals surface area contributed by atoms with Gasteiger partial charge in [0.1, 0.15) is 0 Å². The van der Waals surface area contributed by atoms with E-state index in [4.69, 9.17) is 18.0 Å². The molecule has 2 N–H and O–H groups in total. The lowest BCUT2D eigenvalue weighted by molar-refractivity contribution is -0.136. The topological polar surface area (TPSA) is 46.3 Å². The first-order valence-corrected chi connectivity index (χ1v) is 5.94. The number of nitrogens with zero attached hydrogens (tertiary/aromatic N) is 1. The van der Waals surface area contributed by atoms with Gasteiger partial charge in [0.05, 0.1) is 10.9 Å². The highest BCUT2D eigenvalue weighted by Gasteiger charge is 2.30. The Morgan fingerprint density at radius 2 is 2.13 bits per heavy atom. The van der Waals surface area contributed by atoms with Gasteiger partial charge in [-0.2, -0.15) is 0 Å². The van der Waals surface area contributed by atoms with Crippen LogP contribution in [0.25, 0.3) is 0 Å². The summed E-state index contributed by atoms with van der Waals surface area (Å²) in [5, 5.41) is 0. The summed E-state index contributed by atoms with van der Waals surface area (Å²) in [5.41, 5.74) is 5.50. The van der Waals surface area contributed by atoms with Gasteiger partial charge in [-0.3, -0.25) is 4.79 Å². The van der Waals surface area contributed by atoms with E-state index in [9.17, 15) is 4.79 Å². The zero-order chi connectivity index (χ0) is 11.6. The van der Waals surface area contributed by atoms with E-state index in [1.54, 1.807) is 6.92 Å². The summed E-state index contributed by atoms with van der Waals surface area (Å²) in [6.07, 6.45) is 2.16. The van der Waals surface area contributed by atoms with E-state index < -0.39 is 0 Å². The van der Waals surface area contributed by atoms with E-state index in [-0.39, 0.29) is 11.8 Å². The van der Waals surface area contributed by atoms with Crippen molar-refractivity contribution in [3.8, 4) is 0 Å². The maximum Gasteiger partial charge on any atom is 0.232 e. The molecule has 0 aromatic carbocycles. The standard InChI is InChI=1S/C11H20N2OS/c1-7-4-5-13(8(2)6-7)11(14)9(3)10(12)15/h7-9H,4-6H2,1-3H3,(H2,12,15). The molecule has 1 saturated heterocycles. The number of rotatable bonds is 2. The first-order valence-electron chi connectivity index (χ1n) is 5.53. The predicted molar refractivity (Wildman–Crippen MR) is 65.5 cm³/mol. The third kappa shape index (κ3) is 2.91. The van der Waals surface area contributed by atoms with Crippen LogP contribution in [-0.4, -0.2) is 28.4 Å².